The zero-order chi connectivity index (χ0) is 21.8. The number of rotatable bonds is 6. The SMILES string of the molecule is COC(=O)C(C)Cc1ccc(-c2c(OC)cccc2OC)c2c1CCN(C(C)=O)C2. The van der Waals surface area contributed by atoms with E-state index in [2.05, 4.69) is 6.07 Å². The molecule has 0 radical (unpaired) electrons. The summed E-state index contributed by atoms with van der Waals surface area (Å²) >= 11 is 0. The van der Waals surface area contributed by atoms with Gasteiger partial charge in [0.1, 0.15) is 11.5 Å². The van der Waals surface area contributed by atoms with Crippen LogP contribution in [0.2, 0.25) is 0 Å². The summed E-state index contributed by atoms with van der Waals surface area (Å²) in [5.41, 5.74) is 5.24. The average Bonchev–Trinajstić information content (AvgIpc) is 2.77. The summed E-state index contributed by atoms with van der Waals surface area (Å²) in [4.78, 5) is 25.9. The first-order chi connectivity index (χ1) is 14.4. The Morgan fingerprint density at radius 3 is 2.27 bits per heavy atom. The van der Waals surface area contributed by atoms with E-state index in [0.717, 1.165) is 28.7 Å². The van der Waals surface area contributed by atoms with Crippen molar-refractivity contribution < 1.29 is 23.8 Å². The van der Waals surface area contributed by atoms with Crippen LogP contribution in [-0.2, 0) is 33.7 Å². The van der Waals surface area contributed by atoms with Gasteiger partial charge in [0.05, 0.1) is 32.8 Å². The van der Waals surface area contributed by atoms with E-state index in [4.69, 9.17) is 14.2 Å². The molecule has 2 aromatic carbocycles. The molecule has 0 saturated carbocycles. The largest absolute Gasteiger partial charge is 0.496 e. The fraction of sp³-hybridized carbons (Fsp3) is 0.417. The summed E-state index contributed by atoms with van der Waals surface area (Å²) in [5, 5.41) is 0. The van der Waals surface area contributed by atoms with Crippen molar-refractivity contribution in [1.29, 1.82) is 0 Å². The molecule has 0 aromatic heterocycles. The monoisotopic (exact) mass is 411 g/mol. The van der Waals surface area contributed by atoms with Gasteiger partial charge in [-0.3, -0.25) is 9.59 Å². The van der Waals surface area contributed by atoms with Gasteiger partial charge in [-0.25, -0.2) is 0 Å². The second-order valence-corrected chi connectivity index (χ2v) is 7.59. The normalized spacial score (nSPS) is 14.0. The minimum Gasteiger partial charge on any atom is -0.496 e. The van der Waals surface area contributed by atoms with Gasteiger partial charge in [0, 0.05) is 20.0 Å². The minimum absolute atomic E-state index is 0.0481. The van der Waals surface area contributed by atoms with E-state index in [9.17, 15) is 9.59 Å². The Kier molecular flexibility index (Phi) is 6.65. The van der Waals surface area contributed by atoms with E-state index >= 15 is 0 Å². The number of nitrogens with zero attached hydrogens (tertiary/aromatic N) is 1. The summed E-state index contributed by atoms with van der Waals surface area (Å²) in [6.45, 7) is 4.65. The molecule has 1 unspecified atom stereocenters. The van der Waals surface area contributed by atoms with E-state index < -0.39 is 0 Å². The summed E-state index contributed by atoms with van der Waals surface area (Å²) < 4.78 is 16.2. The van der Waals surface area contributed by atoms with Gasteiger partial charge >= 0.3 is 5.97 Å². The van der Waals surface area contributed by atoms with Crippen LogP contribution in [0.25, 0.3) is 11.1 Å². The Morgan fingerprint density at radius 1 is 1.03 bits per heavy atom. The number of carbonyl (C=O) groups is 2. The van der Waals surface area contributed by atoms with E-state index in [-0.39, 0.29) is 17.8 Å². The van der Waals surface area contributed by atoms with E-state index in [1.807, 2.05) is 36.1 Å². The van der Waals surface area contributed by atoms with E-state index in [0.29, 0.717) is 31.0 Å². The Hall–Kier alpha value is -3.02. The fourth-order valence-corrected chi connectivity index (χ4v) is 4.18. The number of esters is 1. The molecule has 0 aliphatic carbocycles. The second kappa shape index (κ2) is 9.20. The van der Waals surface area contributed by atoms with Crippen LogP contribution in [0, 0.1) is 5.92 Å². The van der Waals surface area contributed by atoms with Gasteiger partial charge in [-0.1, -0.05) is 25.1 Å². The van der Waals surface area contributed by atoms with Crippen molar-refractivity contribution in [2.75, 3.05) is 27.9 Å². The molecule has 6 nitrogen and oxygen atoms in total. The van der Waals surface area contributed by atoms with Gasteiger partial charge in [0.2, 0.25) is 5.91 Å². The van der Waals surface area contributed by atoms with Gasteiger partial charge in [-0.15, -0.1) is 0 Å². The van der Waals surface area contributed by atoms with Crippen LogP contribution in [0.1, 0.15) is 30.5 Å². The number of benzene rings is 2. The highest BCUT2D eigenvalue weighted by molar-refractivity contribution is 5.82. The highest BCUT2D eigenvalue weighted by atomic mass is 16.5. The molecule has 0 N–H and O–H groups in total. The number of hydrogen-bond acceptors (Lipinski definition) is 5. The van der Waals surface area contributed by atoms with Crippen LogP contribution in [-0.4, -0.2) is 44.7 Å². The van der Waals surface area contributed by atoms with Crippen molar-refractivity contribution in [3.05, 3.63) is 47.0 Å². The fourth-order valence-electron chi connectivity index (χ4n) is 4.18. The van der Waals surface area contributed by atoms with Gasteiger partial charge in [0.15, 0.2) is 0 Å². The molecular weight excluding hydrogens is 382 g/mol. The van der Waals surface area contributed by atoms with Crippen molar-refractivity contribution in [3.8, 4) is 22.6 Å². The third kappa shape index (κ3) is 4.13. The standard InChI is InChI=1S/C24H29NO5/c1-15(24(27)30-5)13-17-9-10-19(20-14-25(16(2)26)12-11-18(17)20)23-21(28-3)7-6-8-22(23)29-4/h6-10,15H,11-14H2,1-5H3. The zero-order valence-electron chi connectivity index (χ0n) is 18.3. The van der Waals surface area contributed by atoms with Crippen LogP contribution < -0.4 is 9.47 Å². The number of methoxy groups -OCH3 is 3. The van der Waals surface area contributed by atoms with Crippen molar-refractivity contribution in [1.82, 2.24) is 4.90 Å². The predicted octanol–water partition coefficient (Wildman–Crippen LogP) is 3.63. The van der Waals surface area contributed by atoms with E-state index in [1.165, 1.54) is 12.7 Å². The molecule has 1 atom stereocenters. The molecular formula is C24H29NO5. The number of ether oxygens (including phenoxy) is 3. The molecule has 1 aliphatic rings. The lowest BCUT2D eigenvalue weighted by molar-refractivity contribution is -0.144. The van der Waals surface area contributed by atoms with Crippen LogP contribution in [0.3, 0.4) is 0 Å². The maximum Gasteiger partial charge on any atom is 0.308 e. The molecule has 30 heavy (non-hydrogen) atoms. The predicted molar refractivity (Wildman–Crippen MR) is 115 cm³/mol. The first-order valence-electron chi connectivity index (χ1n) is 10.1. The highest BCUT2D eigenvalue weighted by Gasteiger charge is 2.27. The van der Waals surface area contributed by atoms with E-state index in [1.54, 1.807) is 21.1 Å². The summed E-state index contributed by atoms with van der Waals surface area (Å²) in [7, 11) is 4.69. The first-order valence-corrected chi connectivity index (χ1v) is 10.1. The van der Waals surface area contributed by atoms with Crippen molar-refractivity contribution in [3.63, 3.8) is 0 Å². The Labute approximate surface area is 177 Å². The first kappa shape index (κ1) is 21.7. The lowest BCUT2D eigenvalue weighted by Gasteiger charge is -2.32. The number of fused-ring (bicyclic) bond motifs is 1. The van der Waals surface area contributed by atoms with Gasteiger partial charge in [-0.05, 0) is 47.2 Å². The minimum atomic E-state index is -0.239. The Bertz CT molecular complexity index is 931. The molecule has 1 heterocycles. The molecule has 0 spiro atoms. The van der Waals surface area contributed by atoms with Crippen LogP contribution >= 0.6 is 0 Å². The number of hydrogen-bond donors (Lipinski definition) is 0. The summed E-state index contributed by atoms with van der Waals surface area (Å²) in [5.74, 6) is 1.02. The van der Waals surface area contributed by atoms with Gasteiger partial charge in [0.25, 0.3) is 0 Å². The van der Waals surface area contributed by atoms with Crippen LogP contribution in [0.5, 0.6) is 11.5 Å². The maximum absolute atomic E-state index is 12.1. The zero-order valence-corrected chi connectivity index (χ0v) is 18.3. The molecule has 160 valence electrons. The van der Waals surface area contributed by atoms with Crippen molar-refractivity contribution >= 4 is 11.9 Å². The third-order valence-electron chi connectivity index (χ3n) is 5.78. The topological polar surface area (TPSA) is 65.1 Å². The highest BCUT2D eigenvalue weighted by Crippen LogP contribution is 2.43. The summed E-state index contributed by atoms with van der Waals surface area (Å²) in [6.07, 6.45) is 1.34. The maximum atomic E-state index is 12.1. The molecule has 1 amide bonds. The summed E-state index contributed by atoms with van der Waals surface area (Å²) in [6, 6.07) is 9.82. The lowest BCUT2D eigenvalue weighted by Crippen LogP contribution is -2.35. The molecule has 2 aromatic rings. The lowest BCUT2D eigenvalue weighted by atomic mass is 9.84. The van der Waals surface area contributed by atoms with Crippen molar-refractivity contribution in [2.24, 2.45) is 5.92 Å². The number of amides is 1. The third-order valence-corrected chi connectivity index (χ3v) is 5.78. The second-order valence-electron chi connectivity index (χ2n) is 7.59. The molecule has 0 saturated heterocycles. The van der Waals surface area contributed by atoms with Crippen LogP contribution in [0.15, 0.2) is 30.3 Å². The average molecular weight is 411 g/mol. The smallest absolute Gasteiger partial charge is 0.308 e. The van der Waals surface area contributed by atoms with Crippen molar-refractivity contribution in [2.45, 2.75) is 33.2 Å². The molecule has 6 heteroatoms. The number of carbonyl (C=O) groups excluding carboxylic acids is 2. The molecule has 0 fully saturated rings. The molecule has 3 rings (SSSR count). The quantitative estimate of drug-likeness (QED) is 0.679. The van der Waals surface area contributed by atoms with Gasteiger partial charge < -0.3 is 19.1 Å². The molecule has 0 bridgehead atoms. The Balaban J connectivity index is 2.17. The van der Waals surface area contributed by atoms with Gasteiger partial charge in [-0.2, -0.15) is 0 Å². The molecule has 1 aliphatic heterocycles. The van der Waals surface area contributed by atoms with Crippen LogP contribution in [0.4, 0.5) is 0 Å². The Morgan fingerprint density at radius 2 is 1.70 bits per heavy atom.